The summed E-state index contributed by atoms with van der Waals surface area (Å²) in [4.78, 5) is 24.0. The van der Waals surface area contributed by atoms with Gasteiger partial charge in [0, 0.05) is 30.3 Å². The first kappa shape index (κ1) is 17.0. The van der Waals surface area contributed by atoms with Gasteiger partial charge in [-0.3, -0.25) is 9.59 Å². The second-order valence-corrected chi connectivity index (χ2v) is 7.35. The SMILES string of the molecule is CC(=O)Nc1cccc(NC(=O)C2CC3CCCC(C2)C3N)c1C. The Kier molecular flexibility index (Phi) is 4.90. The van der Waals surface area contributed by atoms with Gasteiger partial charge in [0.25, 0.3) is 0 Å². The van der Waals surface area contributed by atoms with Crippen molar-refractivity contribution in [2.45, 2.75) is 52.0 Å². The summed E-state index contributed by atoms with van der Waals surface area (Å²) < 4.78 is 0. The molecule has 0 saturated heterocycles. The van der Waals surface area contributed by atoms with E-state index in [0.29, 0.717) is 11.8 Å². The van der Waals surface area contributed by atoms with Gasteiger partial charge in [-0.05, 0) is 62.1 Å². The Morgan fingerprint density at radius 3 is 2.25 bits per heavy atom. The molecule has 2 unspecified atom stereocenters. The molecule has 1 aromatic rings. The number of carbonyl (C=O) groups excluding carboxylic acids is 2. The van der Waals surface area contributed by atoms with E-state index in [1.165, 1.54) is 13.3 Å². The number of carbonyl (C=O) groups is 2. The van der Waals surface area contributed by atoms with E-state index >= 15 is 0 Å². The molecule has 5 heteroatoms. The van der Waals surface area contributed by atoms with Gasteiger partial charge in [-0.25, -0.2) is 0 Å². The standard InChI is InChI=1S/C19H27N3O2/c1-11-16(21-12(2)23)7-4-8-17(11)22-19(24)15-9-13-5-3-6-14(10-15)18(13)20/h4,7-8,13-15,18H,3,5-6,9-10,20H2,1-2H3,(H,21,23)(H,22,24). The van der Waals surface area contributed by atoms with Gasteiger partial charge in [-0.1, -0.05) is 12.5 Å². The molecule has 0 aliphatic heterocycles. The highest BCUT2D eigenvalue weighted by molar-refractivity contribution is 5.96. The number of nitrogens with one attached hydrogen (secondary N) is 2. The third-order valence-corrected chi connectivity index (χ3v) is 5.69. The predicted molar refractivity (Wildman–Crippen MR) is 95.6 cm³/mol. The summed E-state index contributed by atoms with van der Waals surface area (Å²) >= 11 is 0. The number of nitrogens with two attached hydrogens (primary N) is 1. The first-order valence-electron chi connectivity index (χ1n) is 8.89. The molecule has 0 radical (unpaired) electrons. The average molecular weight is 329 g/mol. The molecule has 0 heterocycles. The fraction of sp³-hybridized carbons (Fsp3) is 0.579. The van der Waals surface area contributed by atoms with Gasteiger partial charge < -0.3 is 16.4 Å². The van der Waals surface area contributed by atoms with Crippen molar-refractivity contribution in [2.75, 3.05) is 10.6 Å². The molecule has 130 valence electrons. The topological polar surface area (TPSA) is 84.2 Å². The van der Waals surface area contributed by atoms with Crippen LogP contribution in [0.5, 0.6) is 0 Å². The Labute approximate surface area is 143 Å². The maximum absolute atomic E-state index is 12.8. The highest BCUT2D eigenvalue weighted by Crippen LogP contribution is 2.42. The lowest BCUT2D eigenvalue weighted by atomic mass is 9.65. The predicted octanol–water partition coefficient (Wildman–Crippen LogP) is 3.05. The number of benzene rings is 1. The van der Waals surface area contributed by atoms with E-state index in [-0.39, 0.29) is 23.8 Å². The molecule has 2 aliphatic rings. The van der Waals surface area contributed by atoms with Crippen molar-refractivity contribution < 1.29 is 9.59 Å². The van der Waals surface area contributed by atoms with Crippen LogP contribution < -0.4 is 16.4 Å². The highest BCUT2D eigenvalue weighted by Gasteiger charge is 2.40. The minimum Gasteiger partial charge on any atom is -0.327 e. The average Bonchev–Trinajstić information content (AvgIpc) is 2.50. The smallest absolute Gasteiger partial charge is 0.227 e. The lowest BCUT2D eigenvalue weighted by Gasteiger charge is -2.43. The molecule has 2 saturated carbocycles. The Hall–Kier alpha value is -1.88. The number of amides is 2. The van der Waals surface area contributed by atoms with Crippen LogP contribution in [0.3, 0.4) is 0 Å². The van der Waals surface area contributed by atoms with Crippen LogP contribution in [-0.4, -0.2) is 17.9 Å². The summed E-state index contributed by atoms with van der Waals surface area (Å²) in [5.74, 6) is 0.988. The zero-order chi connectivity index (χ0) is 17.3. The van der Waals surface area contributed by atoms with E-state index in [2.05, 4.69) is 10.6 Å². The van der Waals surface area contributed by atoms with Crippen LogP contribution in [0, 0.1) is 24.7 Å². The molecule has 0 aromatic heterocycles. The Morgan fingerprint density at radius 2 is 1.67 bits per heavy atom. The van der Waals surface area contributed by atoms with Crippen molar-refractivity contribution in [3.05, 3.63) is 23.8 Å². The number of fused-ring (bicyclic) bond motifs is 2. The largest absolute Gasteiger partial charge is 0.327 e. The van der Waals surface area contributed by atoms with Gasteiger partial charge in [-0.2, -0.15) is 0 Å². The molecule has 5 nitrogen and oxygen atoms in total. The maximum atomic E-state index is 12.8. The van der Waals surface area contributed by atoms with Crippen molar-refractivity contribution >= 4 is 23.2 Å². The monoisotopic (exact) mass is 329 g/mol. The molecule has 0 spiro atoms. The van der Waals surface area contributed by atoms with Crippen molar-refractivity contribution in [1.82, 2.24) is 0 Å². The van der Waals surface area contributed by atoms with Crippen LogP contribution in [0.15, 0.2) is 18.2 Å². The van der Waals surface area contributed by atoms with Gasteiger partial charge in [0.1, 0.15) is 0 Å². The lowest BCUT2D eigenvalue weighted by molar-refractivity contribution is -0.122. The van der Waals surface area contributed by atoms with Crippen LogP contribution in [-0.2, 0) is 9.59 Å². The number of hydrogen-bond acceptors (Lipinski definition) is 3. The fourth-order valence-corrected chi connectivity index (χ4v) is 4.33. The number of anilines is 2. The lowest BCUT2D eigenvalue weighted by Crippen LogP contribution is -2.48. The van der Waals surface area contributed by atoms with Crippen LogP contribution in [0.25, 0.3) is 0 Å². The van der Waals surface area contributed by atoms with E-state index in [0.717, 1.165) is 42.6 Å². The van der Waals surface area contributed by atoms with Crippen LogP contribution in [0.4, 0.5) is 11.4 Å². The summed E-state index contributed by atoms with van der Waals surface area (Å²) in [5.41, 5.74) is 8.71. The quantitative estimate of drug-likeness (QED) is 0.797. The first-order valence-corrected chi connectivity index (χ1v) is 8.89. The minimum absolute atomic E-state index is 0.0453. The van der Waals surface area contributed by atoms with Gasteiger partial charge in [0.2, 0.25) is 11.8 Å². The number of hydrogen-bond donors (Lipinski definition) is 3. The Bertz CT molecular complexity index is 629. The molecule has 2 atom stereocenters. The van der Waals surface area contributed by atoms with Gasteiger partial charge in [-0.15, -0.1) is 0 Å². The molecule has 2 fully saturated rings. The third kappa shape index (κ3) is 3.46. The third-order valence-electron chi connectivity index (χ3n) is 5.69. The molecule has 1 aromatic carbocycles. The van der Waals surface area contributed by atoms with E-state index in [1.807, 2.05) is 25.1 Å². The van der Waals surface area contributed by atoms with Gasteiger partial charge in [0.05, 0.1) is 0 Å². The van der Waals surface area contributed by atoms with Crippen LogP contribution in [0.1, 0.15) is 44.6 Å². The summed E-state index contributed by atoms with van der Waals surface area (Å²) in [6.07, 6.45) is 5.34. The van der Waals surface area contributed by atoms with Crippen LogP contribution in [0.2, 0.25) is 0 Å². The molecule has 2 amide bonds. The van der Waals surface area contributed by atoms with E-state index in [9.17, 15) is 9.59 Å². The van der Waals surface area contributed by atoms with Gasteiger partial charge >= 0.3 is 0 Å². The summed E-state index contributed by atoms with van der Waals surface area (Å²) in [5, 5.41) is 5.86. The first-order chi connectivity index (χ1) is 11.5. The highest BCUT2D eigenvalue weighted by atomic mass is 16.2. The summed E-state index contributed by atoms with van der Waals surface area (Å²) in [7, 11) is 0. The van der Waals surface area contributed by atoms with Crippen molar-refractivity contribution in [3.63, 3.8) is 0 Å². The Balaban J connectivity index is 1.70. The van der Waals surface area contributed by atoms with Gasteiger partial charge in [0.15, 0.2) is 0 Å². The van der Waals surface area contributed by atoms with E-state index in [4.69, 9.17) is 5.73 Å². The second-order valence-electron chi connectivity index (χ2n) is 7.35. The molecule has 4 N–H and O–H groups in total. The molecular formula is C19H27N3O2. The fourth-order valence-electron chi connectivity index (χ4n) is 4.33. The zero-order valence-corrected chi connectivity index (χ0v) is 14.5. The minimum atomic E-state index is -0.115. The van der Waals surface area contributed by atoms with Crippen LogP contribution >= 0.6 is 0 Å². The zero-order valence-electron chi connectivity index (χ0n) is 14.5. The van der Waals surface area contributed by atoms with E-state index < -0.39 is 0 Å². The maximum Gasteiger partial charge on any atom is 0.227 e. The van der Waals surface area contributed by atoms with Crippen molar-refractivity contribution in [1.29, 1.82) is 0 Å². The second kappa shape index (κ2) is 6.93. The van der Waals surface area contributed by atoms with E-state index in [1.54, 1.807) is 0 Å². The molecule has 2 aliphatic carbocycles. The molecular weight excluding hydrogens is 302 g/mol. The molecule has 3 rings (SSSR count). The van der Waals surface area contributed by atoms with Crippen molar-refractivity contribution in [2.24, 2.45) is 23.5 Å². The normalized spacial score (nSPS) is 29.0. The molecule has 2 bridgehead atoms. The van der Waals surface area contributed by atoms with Crippen molar-refractivity contribution in [3.8, 4) is 0 Å². The molecule has 24 heavy (non-hydrogen) atoms. The summed E-state index contributed by atoms with van der Waals surface area (Å²) in [6, 6.07) is 5.84. The Morgan fingerprint density at radius 1 is 1.08 bits per heavy atom. The number of rotatable bonds is 3. The summed E-state index contributed by atoms with van der Waals surface area (Å²) in [6.45, 7) is 3.39.